The zero-order valence-corrected chi connectivity index (χ0v) is 16.7. The summed E-state index contributed by atoms with van der Waals surface area (Å²) < 4.78 is 22.1. The SMILES string of the molecule is CC1OC(CCCOc2cc(OCC(=O)O)cc(C(=O)NCCO)c2)C(O)C2OC12. The van der Waals surface area contributed by atoms with Crippen LogP contribution in [0.25, 0.3) is 0 Å². The molecule has 4 N–H and O–H groups in total. The van der Waals surface area contributed by atoms with Crippen LogP contribution in [-0.4, -0.2) is 84.1 Å². The Bertz CT molecular complexity index is 756. The second-order valence-electron chi connectivity index (χ2n) is 7.28. The number of benzene rings is 1. The summed E-state index contributed by atoms with van der Waals surface area (Å²) in [5.74, 6) is -1.06. The number of carbonyl (C=O) groups excluding carboxylic acids is 1. The molecule has 2 fully saturated rings. The molecule has 0 spiro atoms. The van der Waals surface area contributed by atoms with E-state index in [9.17, 15) is 14.7 Å². The molecule has 0 aliphatic carbocycles. The number of carboxylic acid groups (broad SMARTS) is 1. The van der Waals surface area contributed by atoms with Crippen molar-refractivity contribution in [3.8, 4) is 11.5 Å². The highest BCUT2D eigenvalue weighted by atomic mass is 16.7. The van der Waals surface area contributed by atoms with E-state index in [-0.39, 0.29) is 48.9 Å². The minimum atomic E-state index is -1.14. The predicted molar refractivity (Wildman–Crippen MR) is 103 cm³/mol. The molecule has 3 rings (SSSR count). The summed E-state index contributed by atoms with van der Waals surface area (Å²) in [6.07, 6.45) is -0.0143. The molecule has 0 bridgehead atoms. The second kappa shape index (κ2) is 10.1. The van der Waals surface area contributed by atoms with Crippen molar-refractivity contribution >= 4 is 11.9 Å². The summed E-state index contributed by atoms with van der Waals surface area (Å²) in [6, 6.07) is 4.42. The maximum atomic E-state index is 12.2. The summed E-state index contributed by atoms with van der Waals surface area (Å²) in [7, 11) is 0. The number of nitrogens with one attached hydrogen (secondary N) is 1. The van der Waals surface area contributed by atoms with Gasteiger partial charge in [0, 0.05) is 18.2 Å². The van der Waals surface area contributed by atoms with Gasteiger partial charge in [0.15, 0.2) is 6.61 Å². The maximum Gasteiger partial charge on any atom is 0.341 e. The lowest BCUT2D eigenvalue weighted by Crippen LogP contribution is -2.44. The summed E-state index contributed by atoms with van der Waals surface area (Å²) in [5.41, 5.74) is 0.220. The van der Waals surface area contributed by atoms with Gasteiger partial charge in [-0.05, 0) is 31.9 Å². The molecule has 2 heterocycles. The number of ether oxygens (including phenoxy) is 4. The van der Waals surface area contributed by atoms with Crippen LogP contribution in [-0.2, 0) is 14.3 Å². The third-order valence-corrected chi connectivity index (χ3v) is 4.93. The van der Waals surface area contributed by atoms with Crippen LogP contribution in [0.5, 0.6) is 11.5 Å². The molecular weight excluding hydrogens is 398 g/mol. The Kier molecular flexibility index (Phi) is 7.48. The molecule has 1 aromatic rings. The number of amides is 1. The Labute approximate surface area is 173 Å². The van der Waals surface area contributed by atoms with Gasteiger partial charge in [0.05, 0.1) is 25.4 Å². The van der Waals surface area contributed by atoms with Crippen LogP contribution in [0.4, 0.5) is 0 Å². The van der Waals surface area contributed by atoms with Gasteiger partial charge in [-0.25, -0.2) is 4.79 Å². The zero-order valence-electron chi connectivity index (χ0n) is 16.7. The first kappa shape index (κ1) is 22.3. The predicted octanol–water partition coefficient (Wildman–Crippen LogP) is -0.0533. The van der Waals surface area contributed by atoms with Crippen molar-refractivity contribution < 1.29 is 43.9 Å². The summed E-state index contributed by atoms with van der Waals surface area (Å²) >= 11 is 0. The van der Waals surface area contributed by atoms with E-state index in [2.05, 4.69) is 5.32 Å². The third kappa shape index (κ3) is 5.82. The van der Waals surface area contributed by atoms with E-state index in [1.165, 1.54) is 18.2 Å². The summed E-state index contributed by atoms with van der Waals surface area (Å²) in [6.45, 7) is 1.55. The molecule has 1 aromatic carbocycles. The van der Waals surface area contributed by atoms with E-state index in [0.29, 0.717) is 25.2 Å². The molecule has 30 heavy (non-hydrogen) atoms. The first-order valence-corrected chi connectivity index (χ1v) is 9.89. The first-order chi connectivity index (χ1) is 14.4. The molecule has 1 amide bonds. The Morgan fingerprint density at radius 2 is 1.87 bits per heavy atom. The monoisotopic (exact) mass is 425 g/mol. The van der Waals surface area contributed by atoms with Gasteiger partial charge < -0.3 is 39.6 Å². The molecule has 0 radical (unpaired) electrons. The van der Waals surface area contributed by atoms with Crippen LogP contribution in [0.15, 0.2) is 18.2 Å². The number of fused-ring (bicyclic) bond motifs is 1. The van der Waals surface area contributed by atoms with Crippen LogP contribution >= 0.6 is 0 Å². The van der Waals surface area contributed by atoms with Crippen molar-refractivity contribution in [3.05, 3.63) is 23.8 Å². The summed E-state index contributed by atoms with van der Waals surface area (Å²) in [5, 5.41) is 30.4. The fraction of sp³-hybridized carbons (Fsp3) is 0.600. The Hall–Kier alpha value is -2.40. The number of aliphatic hydroxyl groups is 2. The van der Waals surface area contributed by atoms with Crippen molar-refractivity contribution in [1.29, 1.82) is 0 Å². The van der Waals surface area contributed by atoms with Gasteiger partial charge >= 0.3 is 5.97 Å². The number of aliphatic carboxylic acids is 1. The minimum Gasteiger partial charge on any atom is -0.493 e. The molecule has 0 saturated carbocycles. The van der Waals surface area contributed by atoms with Gasteiger partial charge in [-0.2, -0.15) is 0 Å². The average molecular weight is 425 g/mol. The van der Waals surface area contributed by atoms with E-state index < -0.39 is 24.6 Å². The van der Waals surface area contributed by atoms with Gasteiger partial charge in [-0.15, -0.1) is 0 Å². The second-order valence-corrected chi connectivity index (χ2v) is 7.28. The van der Waals surface area contributed by atoms with Gasteiger partial charge in [0.1, 0.15) is 29.8 Å². The molecule has 10 nitrogen and oxygen atoms in total. The lowest BCUT2D eigenvalue weighted by Gasteiger charge is -2.29. The van der Waals surface area contributed by atoms with Gasteiger partial charge in [-0.1, -0.05) is 0 Å². The molecular formula is C20H27NO9. The Morgan fingerprint density at radius 3 is 2.57 bits per heavy atom. The van der Waals surface area contributed by atoms with Crippen LogP contribution in [0.2, 0.25) is 0 Å². The van der Waals surface area contributed by atoms with Crippen LogP contribution in [0.3, 0.4) is 0 Å². The van der Waals surface area contributed by atoms with Crippen molar-refractivity contribution in [2.45, 2.75) is 50.3 Å². The third-order valence-electron chi connectivity index (χ3n) is 4.93. The lowest BCUT2D eigenvalue weighted by molar-refractivity contribution is -0.139. The normalized spacial score (nSPS) is 27.1. The Balaban J connectivity index is 1.55. The van der Waals surface area contributed by atoms with Crippen LogP contribution < -0.4 is 14.8 Å². The fourth-order valence-corrected chi connectivity index (χ4v) is 3.43. The van der Waals surface area contributed by atoms with E-state index in [4.69, 9.17) is 29.2 Å². The fourth-order valence-electron chi connectivity index (χ4n) is 3.43. The minimum absolute atomic E-state index is 0.0172. The molecule has 2 aliphatic heterocycles. The van der Waals surface area contributed by atoms with Crippen LogP contribution in [0, 0.1) is 0 Å². The quantitative estimate of drug-likeness (QED) is 0.283. The van der Waals surface area contributed by atoms with Gasteiger partial charge in [-0.3, -0.25) is 4.79 Å². The highest BCUT2D eigenvalue weighted by Gasteiger charge is 2.55. The van der Waals surface area contributed by atoms with Crippen molar-refractivity contribution in [2.24, 2.45) is 0 Å². The standard InChI is InChI=1S/C20H27NO9/c1-11-18-19(30-18)17(25)15(29-11)3-2-6-27-13-7-12(20(26)21-4-5-22)8-14(9-13)28-10-16(23)24/h7-9,11,15,17-19,22,25H,2-6,10H2,1H3,(H,21,26)(H,23,24). The number of hydrogen-bond donors (Lipinski definition) is 4. The number of epoxide rings is 1. The number of carboxylic acids is 1. The molecule has 0 aromatic heterocycles. The van der Waals surface area contributed by atoms with Crippen molar-refractivity contribution in [1.82, 2.24) is 5.32 Å². The van der Waals surface area contributed by atoms with Gasteiger partial charge in [0.2, 0.25) is 0 Å². The van der Waals surface area contributed by atoms with Crippen LogP contribution in [0.1, 0.15) is 30.1 Å². The number of rotatable bonds is 11. The zero-order chi connectivity index (χ0) is 21.7. The van der Waals surface area contributed by atoms with E-state index >= 15 is 0 Å². The van der Waals surface area contributed by atoms with E-state index in [0.717, 1.165) is 0 Å². The maximum absolute atomic E-state index is 12.2. The van der Waals surface area contributed by atoms with E-state index in [1.54, 1.807) is 0 Å². The largest absolute Gasteiger partial charge is 0.493 e. The topological polar surface area (TPSA) is 147 Å². The number of aliphatic hydroxyl groups excluding tert-OH is 2. The smallest absolute Gasteiger partial charge is 0.341 e. The van der Waals surface area contributed by atoms with Gasteiger partial charge in [0.25, 0.3) is 5.91 Å². The number of hydrogen-bond acceptors (Lipinski definition) is 8. The van der Waals surface area contributed by atoms with Crippen molar-refractivity contribution in [3.63, 3.8) is 0 Å². The number of carbonyl (C=O) groups is 2. The first-order valence-electron chi connectivity index (χ1n) is 9.89. The Morgan fingerprint density at radius 1 is 1.13 bits per heavy atom. The van der Waals surface area contributed by atoms with E-state index in [1.807, 2.05) is 6.92 Å². The lowest BCUT2D eigenvalue weighted by atomic mass is 9.98. The molecule has 166 valence electrons. The molecule has 2 aliphatic rings. The van der Waals surface area contributed by atoms with Crippen molar-refractivity contribution in [2.75, 3.05) is 26.4 Å². The summed E-state index contributed by atoms with van der Waals surface area (Å²) in [4.78, 5) is 22.9. The molecule has 10 heteroatoms. The highest BCUT2D eigenvalue weighted by molar-refractivity contribution is 5.95. The molecule has 5 atom stereocenters. The molecule has 5 unspecified atom stereocenters. The molecule has 2 saturated heterocycles. The highest BCUT2D eigenvalue weighted by Crippen LogP contribution is 2.38. The average Bonchev–Trinajstić information content (AvgIpc) is 3.53.